The quantitative estimate of drug-likeness (QED) is 0.757. The molecule has 0 spiro atoms. The number of carbonyl (C=O) groups excluding carboxylic acids is 1. The highest BCUT2D eigenvalue weighted by Crippen LogP contribution is 2.30. The van der Waals surface area contributed by atoms with Gasteiger partial charge in [-0.25, -0.2) is 0 Å². The third kappa shape index (κ3) is 1.66. The van der Waals surface area contributed by atoms with Crippen LogP contribution >= 0.6 is 0 Å². The molecule has 2 N–H and O–H groups in total. The average molecular weight is 223 g/mol. The lowest BCUT2D eigenvalue weighted by Crippen LogP contribution is -2.34. The normalized spacial score (nSPS) is 24.7. The van der Waals surface area contributed by atoms with Crippen LogP contribution in [0.1, 0.15) is 23.7 Å². The molecule has 1 fully saturated rings. The molecule has 1 saturated heterocycles. The highest BCUT2D eigenvalue weighted by Gasteiger charge is 2.42. The SMILES string of the molecule is CC1(C(=O)O)CCN(C(=O)c2cn[nH]c2)C1. The molecule has 1 atom stereocenters. The number of aliphatic carboxylic acids is 1. The van der Waals surface area contributed by atoms with E-state index in [1.807, 2.05) is 0 Å². The molecule has 6 heteroatoms. The number of nitrogens with one attached hydrogen (secondary N) is 1. The van der Waals surface area contributed by atoms with Crippen molar-refractivity contribution in [2.24, 2.45) is 5.41 Å². The number of amides is 1. The standard InChI is InChI=1S/C10H13N3O3/c1-10(9(15)16)2-3-13(6-10)8(14)7-4-11-12-5-7/h4-5H,2-3,6H2,1H3,(H,11,12)(H,15,16). The number of aromatic amines is 1. The molecule has 1 aromatic rings. The molecule has 0 aliphatic carbocycles. The molecule has 6 nitrogen and oxygen atoms in total. The first-order valence-electron chi connectivity index (χ1n) is 5.04. The average Bonchev–Trinajstić information content (AvgIpc) is 2.85. The van der Waals surface area contributed by atoms with E-state index in [0.717, 1.165) is 0 Å². The van der Waals surface area contributed by atoms with Crippen LogP contribution in [-0.2, 0) is 4.79 Å². The van der Waals surface area contributed by atoms with Crippen molar-refractivity contribution in [1.82, 2.24) is 15.1 Å². The van der Waals surface area contributed by atoms with E-state index >= 15 is 0 Å². The number of hydrogen-bond acceptors (Lipinski definition) is 3. The molecule has 16 heavy (non-hydrogen) atoms. The van der Waals surface area contributed by atoms with E-state index in [9.17, 15) is 9.59 Å². The van der Waals surface area contributed by atoms with Crippen LogP contribution in [0.25, 0.3) is 0 Å². The van der Waals surface area contributed by atoms with Gasteiger partial charge in [0.1, 0.15) is 0 Å². The fourth-order valence-electron chi connectivity index (χ4n) is 1.86. The molecule has 1 amide bonds. The molecule has 2 heterocycles. The highest BCUT2D eigenvalue weighted by molar-refractivity contribution is 5.94. The number of carbonyl (C=O) groups is 2. The molecule has 1 aliphatic rings. The second-order valence-corrected chi connectivity index (χ2v) is 4.33. The maximum absolute atomic E-state index is 11.9. The van der Waals surface area contributed by atoms with E-state index in [1.165, 1.54) is 12.4 Å². The van der Waals surface area contributed by atoms with Crippen molar-refractivity contribution in [2.45, 2.75) is 13.3 Å². The Balaban J connectivity index is 2.10. The van der Waals surface area contributed by atoms with E-state index < -0.39 is 11.4 Å². The second kappa shape index (κ2) is 3.62. The molecular formula is C10H13N3O3. The molecule has 0 radical (unpaired) electrons. The summed E-state index contributed by atoms with van der Waals surface area (Å²) in [5.41, 5.74) is -0.353. The zero-order valence-electron chi connectivity index (χ0n) is 8.93. The molecule has 0 saturated carbocycles. The minimum Gasteiger partial charge on any atom is -0.481 e. The van der Waals surface area contributed by atoms with Crippen molar-refractivity contribution in [1.29, 1.82) is 0 Å². The summed E-state index contributed by atoms with van der Waals surface area (Å²) in [6, 6.07) is 0. The Morgan fingerprint density at radius 3 is 2.88 bits per heavy atom. The van der Waals surface area contributed by atoms with Crippen LogP contribution in [0, 0.1) is 5.41 Å². The van der Waals surface area contributed by atoms with Gasteiger partial charge in [0.15, 0.2) is 0 Å². The predicted molar refractivity (Wildman–Crippen MR) is 54.9 cm³/mol. The maximum atomic E-state index is 11.9. The van der Waals surface area contributed by atoms with Gasteiger partial charge in [0.05, 0.1) is 17.2 Å². The Bertz CT molecular complexity index is 415. The summed E-state index contributed by atoms with van der Waals surface area (Å²) in [5, 5.41) is 15.3. The van der Waals surface area contributed by atoms with Crippen molar-refractivity contribution >= 4 is 11.9 Å². The van der Waals surface area contributed by atoms with E-state index in [1.54, 1.807) is 11.8 Å². The Labute approximate surface area is 92.3 Å². The van der Waals surface area contributed by atoms with Gasteiger partial charge in [-0.2, -0.15) is 5.10 Å². The number of rotatable bonds is 2. The number of likely N-dealkylation sites (tertiary alicyclic amines) is 1. The smallest absolute Gasteiger partial charge is 0.311 e. The van der Waals surface area contributed by atoms with Crippen LogP contribution in [-0.4, -0.2) is 45.2 Å². The van der Waals surface area contributed by atoms with E-state index in [2.05, 4.69) is 10.2 Å². The zero-order valence-corrected chi connectivity index (χ0v) is 8.93. The van der Waals surface area contributed by atoms with Crippen molar-refractivity contribution in [2.75, 3.05) is 13.1 Å². The summed E-state index contributed by atoms with van der Waals surface area (Å²) in [6.07, 6.45) is 3.45. The molecule has 1 aliphatic heterocycles. The van der Waals surface area contributed by atoms with Crippen LogP contribution in [0.2, 0.25) is 0 Å². The van der Waals surface area contributed by atoms with Crippen LogP contribution in [0.5, 0.6) is 0 Å². The largest absolute Gasteiger partial charge is 0.481 e. The van der Waals surface area contributed by atoms with Crippen LogP contribution in [0.3, 0.4) is 0 Å². The number of nitrogens with zero attached hydrogens (tertiary/aromatic N) is 2. The first kappa shape index (κ1) is 10.7. The topological polar surface area (TPSA) is 86.3 Å². The van der Waals surface area contributed by atoms with Gasteiger partial charge in [0.25, 0.3) is 5.91 Å². The van der Waals surface area contributed by atoms with Crippen molar-refractivity contribution in [3.63, 3.8) is 0 Å². The number of H-pyrrole nitrogens is 1. The summed E-state index contributed by atoms with van der Waals surface area (Å²) < 4.78 is 0. The summed E-state index contributed by atoms with van der Waals surface area (Å²) in [4.78, 5) is 24.5. The van der Waals surface area contributed by atoms with Gasteiger partial charge in [0.2, 0.25) is 0 Å². The summed E-state index contributed by atoms with van der Waals surface area (Å²) in [6.45, 7) is 2.40. The van der Waals surface area contributed by atoms with Crippen molar-refractivity contribution in [3.8, 4) is 0 Å². The lowest BCUT2D eigenvalue weighted by molar-refractivity contribution is -0.147. The number of carboxylic acids is 1. The van der Waals surface area contributed by atoms with Gasteiger partial charge < -0.3 is 10.0 Å². The van der Waals surface area contributed by atoms with Crippen LogP contribution in [0.15, 0.2) is 12.4 Å². The van der Waals surface area contributed by atoms with Crippen molar-refractivity contribution < 1.29 is 14.7 Å². The summed E-state index contributed by atoms with van der Waals surface area (Å²) >= 11 is 0. The van der Waals surface area contributed by atoms with Gasteiger partial charge in [-0.3, -0.25) is 14.7 Å². The third-order valence-corrected chi connectivity index (χ3v) is 3.02. The molecule has 1 aromatic heterocycles. The number of hydrogen-bond donors (Lipinski definition) is 2. The third-order valence-electron chi connectivity index (χ3n) is 3.02. The van der Waals surface area contributed by atoms with Crippen molar-refractivity contribution in [3.05, 3.63) is 18.0 Å². The van der Waals surface area contributed by atoms with E-state index in [-0.39, 0.29) is 12.5 Å². The van der Waals surface area contributed by atoms with Gasteiger partial charge in [-0.15, -0.1) is 0 Å². The van der Waals surface area contributed by atoms with E-state index in [4.69, 9.17) is 5.11 Å². The Kier molecular flexibility index (Phi) is 2.41. The molecule has 1 unspecified atom stereocenters. The fourth-order valence-corrected chi connectivity index (χ4v) is 1.86. The molecule has 0 bridgehead atoms. The molecule has 2 rings (SSSR count). The van der Waals surface area contributed by atoms with Crippen LogP contribution in [0.4, 0.5) is 0 Å². The Morgan fingerprint density at radius 1 is 1.62 bits per heavy atom. The van der Waals surface area contributed by atoms with Gasteiger partial charge in [0, 0.05) is 19.3 Å². The van der Waals surface area contributed by atoms with E-state index in [0.29, 0.717) is 18.5 Å². The van der Waals surface area contributed by atoms with Gasteiger partial charge >= 0.3 is 5.97 Å². The predicted octanol–water partition coefficient (Wildman–Crippen LogP) is 0.346. The summed E-state index contributed by atoms with van der Waals surface area (Å²) in [7, 11) is 0. The first-order valence-corrected chi connectivity index (χ1v) is 5.04. The number of carboxylic acid groups (broad SMARTS) is 1. The first-order chi connectivity index (χ1) is 7.53. The molecule has 0 aromatic carbocycles. The Morgan fingerprint density at radius 2 is 2.38 bits per heavy atom. The Hall–Kier alpha value is -1.85. The van der Waals surface area contributed by atoms with Gasteiger partial charge in [-0.1, -0.05) is 0 Å². The zero-order chi connectivity index (χ0) is 11.8. The fraction of sp³-hybridized carbons (Fsp3) is 0.500. The highest BCUT2D eigenvalue weighted by atomic mass is 16.4. The molecule has 86 valence electrons. The minimum absolute atomic E-state index is 0.168. The summed E-state index contributed by atoms with van der Waals surface area (Å²) in [5.74, 6) is -1.02. The minimum atomic E-state index is -0.852. The molecular weight excluding hydrogens is 210 g/mol. The lowest BCUT2D eigenvalue weighted by atomic mass is 9.90. The second-order valence-electron chi connectivity index (χ2n) is 4.33. The monoisotopic (exact) mass is 223 g/mol. The maximum Gasteiger partial charge on any atom is 0.311 e. The lowest BCUT2D eigenvalue weighted by Gasteiger charge is -2.19. The van der Waals surface area contributed by atoms with Crippen LogP contribution < -0.4 is 0 Å². The number of aromatic nitrogens is 2. The van der Waals surface area contributed by atoms with Gasteiger partial charge in [-0.05, 0) is 13.3 Å².